The number of nitrogens with zero attached hydrogens (tertiary/aromatic N) is 2. The van der Waals surface area contributed by atoms with Crippen LogP contribution in [0.1, 0.15) is 24.5 Å². The zero-order valence-corrected chi connectivity index (χ0v) is 14.5. The highest BCUT2D eigenvalue weighted by atomic mass is 32.2. The van der Waals surface area contributed by atoms with E-state index in [-0.39, 0.29) is 5.92 Å². The smallest absolute Gasteiger partial charge is 0.194 e. The van der Waals surface area contributed by atoms with Crippen LogP contribution in [0, 0.1) is 5.92 Å². The fraction of sp³-hybridized carbons (Fsp3) is 0.588. The van der Waals surface area contributed by atoms with Gasteiger partial charge in [-0.1, -0.05) is 24.3 Å². The lowest BCUT2D eigenvalue weighted by Crippen LogP contribution is -2.44. The van der Waals surface area contributed by atoms with Gasteiger partial charge in [-0.25, -0.2) is 8.42 Å². The van der Waals surface area contributed by atoms with Gasteiger partial charge in [0.15, 0.2) is 15.8 Å². The molecule has 0 bridgehead atoms. The van der Waals surface area contributed by atoms with E-state index in [4.69, 9.17) is 4.99 Å². The van der Waals surface area contributed by atoms with Crippen molar-refractivity contribution in [1.29, 1.82) is 0 Å². The second-order valence-electron chi connectivity index (χ2n) is 6.40. The summed E-state index contributed by atoms with van der Waals surface area (Å²) >= 11 is 0. The van der Waals surface area contributed by atoms with Crippen molar-refractivity contribution in [2.24, 2.45) is 10.9 Å². The van der Waals surface area contributed by atoms with Crippen molar-refractivity contribution < 1.29 is 8.42 Å². The molecule has 0 saturated carbocycles. The Hall–Kier alpha value is -1.56. The molecule has 6 heteroatoms. The quantitative estimate of drug-likeness (QED) is 0.671. The molecule has 126 valence electrons. The van der Waals surface area contributed by atoms with Crippen LogP contribution in [0.5, 0.6) is 0 Å². The molecular weight excluding hydrogens is 310 g/mol. The van der Waals surface area contributed by atoms with E-state index in [1.807, 2.05) is 0 Å². The minimum Gasteiger partial charge on any atom is -0.357 e. The van der Waals surface area contributed by atoms with Crippen molar-refractivity contribution in [3.63, 3.8) is 0 Å². The third-order valence-corrected chi connectivity index (χ3v) is 6.43. The molecule has 1 aromatic carbocycles. The minimum absolute atomic E-state index is 0.172. The van der Waals surface area contributed by atoms with E-state index in [9.17, 15) is 8.42 Å². The number of nitrogens with one attached hydrogen (secondary N) is 1. The summed E-state index contributed by atoms with van der Waals surface area (Å²) in [6.45, 7) is 5.30. The van der Waals surface area contributed by atoms with Gasteiger partial charge in [0.1, 0.15) is 0 Å². The number of fused-ring (bicyclic) bond motifs is 1. The van der Waals surface area contributed by atoms with Gasteiger partial charge < -0.3 is 10.2 Å². The molecule has 1 atom stereocenters. The molecular formula is C17H25N3O2S. The molecule has 0 aliphatic carbocycles. The van der Waals surface area contributed by atoms with E-state index >= 15 is 0 Å². The number of aliphatic imine (C=N–C) groups is 1. The monoisotopic (exact) mass is 335 g/mol. The molecule has 2 aliphatic heterocycles. The molecule has 1 N–H and O–H groups in total. The molecule has 0 spiro atoms. The maximum atomic E-state index is 11.6. The van der Waals surface area contributed by atoms with Crippen LogP contribution in [-0.2, 0) is 22.8 Å². The van der Waals surface area contributed by atoms with Gasteiger partial charge in [0, 0.05) is 26.2 Å². The Morgan fingerprint density at radius 2 is 2.13 bits per heavy atom. The minimum atomic E-state index is -2.82. The van der Waals surface area contributed by atoms with Crippen LogP contribution in [-0.4, -0.2) is 50.4 Å². The van der Waals surface area contributed by atoms with Gasteiger partial charge in [-0.05, 0) is 36.8 Å². The van der Waals surface area contributed by atoms with Crippen molar-refractivity contribution in [3.8, 4) is 0 Å². The molecule has 1 saturated heterocycles. The number of guanidine groups is 1. The molecule has 23 heavy (non-hydrogen) atoms. The van der Waals surface area contributed by atoms with E-state index in [0.29, 0.717) is 18.1 Å². The lowest BCUT2D eigenvalue weighted by molar-refractivity contribution is 0.377. The van der Waals surface area contributed by atoms with Gasteiger partial charge >= 0.3 is 0 Å². The first-order chi connectivity index (χ1) is 11.1. The standard InChI is InChI=1S/C17H25N3O2S/c1-2-18-17(19-11-14-8-10-23(21,22)13-14)20-9-7-15-5-3-4-6-16(15)12-20/h3-6,14H,2,7-13H2,1H3,(H,18,19). The Bertz CT molecular complexity index is 685. The molecule has 1 aromatic rings. The van der Waals surface area contributed by atoms with Crippen molar-refractivity contribution in [2.45, 2.75) is 26.3 Å². The largest absolute Gasteiger partial charge is 0.357 e. The summed E-state index contributed by atoms with van der Waals surface area (Å²) in [6.07, 6.45) is 1.77. The Balaban J connectivity index is 1.68. The molecule has 0 radical (unpaired) electrons. The summed E-state index contributed by atoms with van der Waals surface area (Å²) in [4.78, 5) is 7.00. The van der Waals surface area contributed by atoms with E-state index < -0.39 is 9.84 Å². The van der Waals surface area contributed by atoms with Gasteiger partial charge in [0.25, 0.3) is 0 Å². The fourth-order valence-electron chi connectivity index (χ4n) is 3.33. The SMILES string of the molecule is CCNC(=NCC1CCS(=O)(=O)C1)N1CCc2ccccc2C1. The Morgan fingerprint density at radius 1 is 1.35 bits per heavy atom. The summed E-state index contributed by atoms with van der Waals surface area (Å²) in [5.41, 5.74) is 2.77. The number of hydrogen-bond donors (Lipinski definition) is 1. The highest BCUT2D eigenvalue weighted by Gasteiger charge is 2.28. The fourth-order valence-corrected chi connectivity index (χ4v) is 5.18. The van der Waals surface area contributed by atoms with Crippen LogP contribution in [0.25, 0.3) is 0 Å². The average molecular weight is 335 g/mol. The van der Waals surface area contributed by atoms with E-state index in [1.165, 1.54) is 11.1 Å². The van der Waals surface area contributed by atoms with E-state index in [0.717, 1.165) is 38.4 Å². The predicted octanol–water partition coefficient (Wildman–Crippen LogP) is 1.44. The van der Waals surface area contributed by atoms with Crippen LogP contribution >= 0.6 is 0 Å². The Kier molecular flexibility index (Phi) is 4.90. The molecule has 2 heterocycles. The normalized spacial score (nSPS) is 23.6. The number of hydrogen-bond acceptors (Lipinski definition) is 3. The van der Waals surface area contributed by atoms with Gasteiger partial charge in [-0.3, -0.25) is 4.99 Å². The summed E-state index contributed by atoms with van der Waals surface area (Å²) in [5.74, 6) is 1.69. The van der Waals surface area contributed by atoms with Crippen molar-refractivity contribution in [2.75, 3.05) is 31.1 Å². The van der Waals surface area contributed by atoms with Gasteiger partial charge in [0.05, 0.1) is 11.5 Å². The third kappa shape index (κ3) is 4.05. The maximum Gasteiger partial charge on any atom is 0.194 e. The van der Waals surface area contributed by atoms with Gasteiger partial charge in [-0.2, -0.15) is 0 Å². The highest BCUT2D eigenvalue weighted by molar-refractivity contribution is 7.91. The van der Waals surface area contributed by atoms with Crippen molar-refractivity contribution in [1.82, 2.24) is 10.2 Å². The van der Waals surface area contributed by atoms with Crippen molar-refractivity contribution >= 4 is 15.8 Å². The van der Waals surface area contributed by atoms with Crippen LogP contribution in [0.15, 0.2) is 29.3 Å². The summed E-state index contributed by atoms with van der Waals surface area (Å²) < 4.78 is 23.2. The van der Waals surface area contributed by atoms with Crippen LogP contribution in [0.3, 0.4) is 0 Å². The number of rotatable bonds is 3. The van der Waals surface area contributed by atoms with Gasteiger partial charge in [-0.15, -0.1) is 0 Å². The molecule has 5 nitrogen and oxygen atoms in total. The first-order valence-electron chi connectivity index (χ1n) is 8.38. The van der Waals surface area contributed by atoms with Crippen LogP contribution in [0.2, 0.25) is 0 Å². The first kappa shape index (κ1) is 16.3. The van der Waals surface area contributed by atoms with Crippen LogP contribution in [0.4, 0.5) is 0 Å². The molecule has 3 rings (SSSR count). The molecule has 2 aliphatic rings. The lowest BCUT2D eigenvalue weighted by atomic mass is 10.0. The molecule has 1 unspecified atom stereocenters. The zero-order chi connectivity index (χ0) is 16.3. The Labute approximate surface area is 138 Å². The first-order valence-corrected chi connectivity index (χ1v) is 10.2. The molecule has 0 amide bonds. The summed E-state index contributed by atoms with van der Waals surface area (Å²) in [6, 6.07) is 8.54. The number of sulfone groups is 1. The van der Waals surface area contributed by atoms with Gasteiger partial charge in [0.2, 0.25) is 0 Å². The maximum absolute atomic E-state index is 11.6. The molecule has 1 fully saturated rings. The summed E-state index contributed by atoms with van der Waals surface area (Å²) in [7, 11) is -2.82. The molecule has 0 aromatic heterocycles. The Morgan fingerprint density at radius 3 is 2.83 bits per heavy atom. The second-order valence-corrected chi connectivity index (χ2v) is 8.63. The van der Waals surface area contributed by atoms with E-state index in [1.54, 1.807) is 0 Å². The summed E-state index contributed by atoms with van der Waals surface area (Å²) in [5, 5.41) is 3.35. The lowest BCUT2D eigenvalue weighted by Gasteiger charge is -2.31. The number of benzene rings is 1. The van der Waals surface area contributed by atoms with Crippen LogP contribution < -0.4 is 5.32 Å². The topological polar surface area (TPSA) is 61.8 Å². The average Bonchev–Trinajstić information content (AvgIpc) is 2.90. The highest BCUT2D eigenvalue weighted by Crippen LogP contribution is 2.20. The third-order valence-electron chi connectivity index (χ3n) is 4.59. The van der Waals surface area contributed by atoms with E-state index in [2.05, 4.69) is 41.4 Å². The van der Waals surface area contributed by atoms with Crippen molar-refractivity contribution in [3.05, 3.63) is 35.4 Å². The second kappa shape index (κ2) is 6.91. The predicted molar refractivity (Wildman–Crippen MR) is 93.3 cm³/mol. The zero-order valence-electron chi connectivity index (χ0n) is 13.7.